The van der Waals surface area contributed by atoms with Crippen LogP contribution in [0.4, 0.5) is 0 Å². The normalized spacial score (nSPS) is 12.6. The van der Waals surface area contributed by atoms with E-state index in [-0.39, 0.29) is 0 Å². The van der Waals surface area contributed by atoms with Gasteiger partial charge in [-0.1, -0.05) is 12.1 Å². The summed E-state index contributed by atoms with van der Waals surface area (Å²) in [5.74, 6) is 0.336. The Hall–Kier alpha value is -1.32. The predicted octanol–water partition coefficient (Wildman–Crippen LogP) is 4.18. The topological polar surface area (TPSA) is 32.3 Å². The van der Waals surface area contributed by atoms with Gasteiger partial charge in [0.2, 0.25) is 0 Å². The zero-order valence-corrected chi connectivity index (χ0v) is 13.3. The number of aryl methyl sites for hydroxylation is 3. The SMILES string of the molecule is Cc1cc(CNC(C)CCc2ccc(O)cc2)sc1C. The van der Waals surface area contributed by atoms with Crippen molar-refractivity contribution in [2.24, 2.45) is 0 Å². The lowest BCUT2D eigenvalue weighted by Crippen LogP contribution is -2.25. The van der Waals surface area contributed by atoms with Crippen molar-refractivity contribution in [2.75, 3.05) is 0 Å². The number of hydrogen-bond acceptors (Lipinski definition) is 3. The molecular formula is C17H23NOS. The van der Waals surface area contributed by atoms with Gasteiger partial charge in [0.15, 0.2) is 0 Å². The Morgan fingerprint density at radius 1 is 1.20 bits per heavy atom. The Morgan fingerprint density at radius 3 is 2.50 bits per heavy atom. The van der Waals surface area contributed by atoms with E-state index < -0.39 is 0 Å². The molecule has 2 N–H and O–H groups in total. The second kappa shape index (κ2) is 6.91. The molecule has 0 amide bonds. The summed E-state index contributed by atoms with van der Waals surface area (Å²) in [4.78, 5) is 2.83. The van der Waals surface area contributed by atoms with Gasteiger partial charge >= 0.3 is 0 Å². The molecule has 0 saturated heterocycles. The minimum atomic E-state index is 0.336. The first-order chi connectivity index (χ1) is 9.54. The maximum absolute atomic E-state index is 9.26. The van der Waals surface area contributed by atoms with Crippen molar-refractivity contribution >= 4 is 11.3 Å². The van der Waals surface area contributed by atoms with Gasteiger partial charge in [-0.25, -0.2) is 0 Å². The summed E-state index contributed by atoms with van der Waals surface area (Å²) in [5.41, 5.74) is 2.67. The molecule has 2 nitrogen and oxygen atoms in total. The monoisotopic (exact) mass is 289 g/mol. The second-order valence-electron chi connectivity index (χ2n) is 5.44. The lowest BCUT2D eigenvalue weighted by molar-refractivity contribution is 0.474. The summed E-state index contributed by atoms with van der Waals surface area (Å²) in [5, 5.41) is 12.8. The van der Waals surface area contributed by atoms with Gasteiger partial charge in [0.25, 0.3) is 0 Å². The molecule has 2 rings (SSSR count). The van der Waals surface area contributed by atoms with Crippen LogP contribution in [-0.4, -0.2) is 11.1 Å². The molecule has 0 saturated carbocycles. The molecule has 0 aliphatic carbocycles. The predicted molar refractivity (Wildman–Crippen MR) is 86.5 cm³/mol. The van der Waals surface area contributed by atoms with E-state index in [4.69, 9.17) is 0 Å². The van der Waals surface area contributed by atoms with Gasteiger partial charge in [-0.2, -0.15) is 0 Å². The second-order valence-corrected chi connectivity index (χ2v) is 6.78. The van der Waals surface area contributed by atoms with Gasteiger partial charge in [-0.3, -0.25) is 0 Å². The van der Waals surface area contributed by atoms with Crippen molar-refractivity contribution in [3.8, 4) is 5.75 Å². The van der Waals surface area contributed by atoms with E-state index in [0.717, 1.165) is 19.4 Å². The molecule has 0 spiro atoms. The van der Waals surface area contributed by atoms with Gasteiger partial charge in [-0.05, 0) is 62.9 Å². The average Bonchev–Trinajstić information content (AvgIpc) is 2.75. The highest BCUT2D eigenvalue weighted by atomic mass is 32.1. The van der Waals surface area contributed by atoms with Gasteiger partial charge in [0.05, 0.1) is 0 Å². The third kappa shape index (κ3) is 4.36. The third-order valence-corrected chi connectivity index (χ3v) is 4.80. The number of rotatable bonds is 6. The quantitative estimate of drug-likeness (QED) is 0.836. The summed E-state index contributed by atoms with van der Waals surface area (Å²) >= 11 is 1.88. The minimum absolute atomic E-state index is 0.336. The number of aromatic hydroxyl groups is 1. The highest BCUT2D eigenvalue weighted by Gasteiger charge is 2.05. The number of thiophene rings is 1. The van der Waals surface area contributed by atoms with Crippen LogP contribution in [0.5, 0.6) is 5.75 Å². The molecule has 0 bridgehead atoms. The van der Waals surface area contributed by atoms with Crippen LogP contribution in [0.15, 0.2) is 30.3 Å². The molecule has 1 heterocycles. The average molecular weight is 289 g/mol. The molecule has 20 heavy (non-hydrogen) atoms. The van der Waals surface area contributed by atoms with Crippen LogP contribution < -0.4 is 5.32 Å². The van der Waals surface area contributed by atoms with E-state index in [2.05, 4.69) is 32.2 Å². The number of phenolic OH excluding ortho intramolecular Hbond substituents is 1. The standard InChI is InChI=1S/C17H23NOS/c1-12-10-17(20-14(12)3)11-18-13(2)4-5-15-6-8-16(19)9-7-15/h6-10,13,18-19H,4-5,11H2,1-3H3. The molecule has 1 aromatic heterocycles. The Balaban J connectivity index is 1.75. The van der Waals surface area contributed by atoms with E-state index in [1.807, 2.05) is 23.5 Å². The van der Waals surface area contributed by atoms with Gasteiger partial charge in [0, 0.05) is 22.3 Å². The first kappa shape index (κ1) is 15.1. The number of hydrogen-bond donors (Lipinski definition) is 2. The van der Waals surface area contributed by atoms with Crippen molar-refractivity contribution in [3.05, 3.63) is 51.2 Å². The van der Waals surface area contributed by atoms with E-state index in [9.17, 15) is 5.11 Å². The largest absolute Gasteiger partial charge is 0.508 e. The molecule has 1 atom stereocenters. The van der Waals surface area contributed by atoms with Crippen LogP contribution >= 0.6 is 11.3 Å². The summed E-state index contributed by atoms with van der Waals surface area (Å²) in [6.07, 6.45) is 2.14. The Labute approximate surface area is 125 Å². The zero-order valence-electron chi connectivity index (χ0n) is 12.4. The molecule has 0 aliphatic heterocycles. The van der Waals surface area contributed by atoms with Crippen LogP contribution in [0.3, 0.4) is 0 Å². The highest BCUT2D eigenvalue weighted by Crippen LogP contribution is 2.20. The van der Waals surface area contributed by atoms with Crippen LogP contribution in [0, 0.1) is 13.8 Å². The fraction of sp³-hybridized carbons (Fsp3) is 0.412. The highest BCUT2D eigenvalue weighted by molar-refractivity contribution is 7.12. The summed E-state index contributed by atoms with van der Waals surface area (Å²) in [6, 6.07) is 10.3. The molecule has 1 aromatic carbocycles. The lowest BCUT2D eigenvalue weighted by atomic mass is 10.1. The van der Waals surface area contributed by atoms with E-state index in [0.29, 0.717) is 11.8 Å². The Kier molecular flexibility index (Phi) is 5.21. The Morgan fingerprint density at radius 2 is 1.90 bits per heavy atom. The van der Waals surface area contributed by atoms with Gasteiger partial charge in [0.1, 0.15) is 5.75 Å². The van der Waals surface area contributed by atoms with Crippen LogP contribution in [-0.2, 0) is 13.0 Å². The van der Waals surface area contributed by atoms with E-state index in [1.165, 1.54) is 20.9 Å². The first-order valence-corrected chi connectivity index (χ1v) is 7.93. The van der Waals surface area contributed by atoms with Crippen LogP contribution in [0.25, 0.3) is 0 Å². The fourth-order valence-corrected chi connectivity index (χ4v) is 3.16. The lowest BCUT2D eigenvalue weighted by Gasteiger charge is -2.13. The molecule has 0 fully saturated rings. The number of nitrogens with one attached hydrogen (secondary N) is 1. The Bertz CT molecular complexity index is 525. The first-order valence-electron chi connectivity index (χ1n) is 7.12. The maximum Gasteiger partial charge on any atom is 0.115 e. The van der Waals surface area contributed by atoms with Crippen molar-refractivity contribution in [1.29, 1.82) is 0 Å². The number of phenols is 1. The summed E-state index contributed by atoms with van der Waals surface area (Å²) in [7, 11) is 0. The maximum atomic E-state index is 9.26. The number of benzene rings is 1. The molecule has 3 heteroatoms. The van der Waals surface area contributed by atoms with Crippen LogP contribution in [0.2, 0.25) is 0 Å². The molecule has 0 radical (unpaired) electrons. The molecular weight excluding hydrogens is 266 g/mol. The molecule has 2 aromatic rings. The fourth-order valence-electron chi connectivity index (χ4n) is 2.16. The summed E-state index contributed by atoms with van der Waals surface area (Å²) in [6.45, 7) is 7.53. The van der Waals surface area contributed by atoms with Gasteiger partial charge in [-0.15, -0.1) is 11.3 Å². The smallest absolute Gasteiger partial charge is 0.115 e. The van der Waals surface area contributed by atoms with Crippen LogP contribution in [0.1, 0.15) is 34.2 Å². The van der Waals surface area contributed by atoms with Crippen molar-refractivity contribution < 1.29 is 5.11 Å². The molecule has 108 valence electrons. The summed E-state index contributed by atoms with van der Waals surface area (Å²) < 4.78 is 0. The van der Waals surface area contributed by atoms with Crippen molar-refractivity contribution in [1.82, 2.24) is 5.32 Å². The minimum Gasteiger partial charge on any atom is -0.508 e. The molecule has 1 unspecified atom stereocenters. The van der Waals surface area contributed by atoms with Crippen molar-refractivity contribution in [3.63, 3.8) is 0 Å². The zero-order chi connectivity index (χ0) is 14.5. The third-order valence-electron chi connectivity index (χ3n) is 3.64. The van der Waals surface area contributed by atoms with Gasteiger partial charge < -0.3 is 10.4 Å². The van der Waals surface area contributed by atoms with E-state index in [1.54, 1.807) is 12.1 Å². The molecule has 0 aliphatic rings. The van der Waals surface area contributed by atoms with E-state index >= 15 is 0 Å². The van der Waals surface area contributed by atoms with Crippen molar-refractivity contribution in [2.45, 2.75) is 46.2 Å².